The van der Waals surface area contributed by atoms with Gasteiger partial charge in [-0.05, 0) is 18.2 Å². The van der Waals surface area contributed by atoms with Gasteiger partial charge in [-0.25, -0.2) is 18.0 Å². The van der Waals surface area contributed by atoms with E-state index in [0.717, 1.165) is 12.1 Å². The van der Waals surface area contributed by atoms with Crippen molar-refractivity contribution in [1.82, 2.24) is 5.32 Å². The Morgan fingerprint density at radius 2 is 2.11 bits per heavy atom. The lowest BCUT2D eigenvalue weighted by atomic mass is 10.0. The lowest BCUT2D eigenvalue weighted by Crippen LogP contribution is -2.42. The first-order valence-corrected chi connectivity index (χ1v) is 5.50. The van der Waals surface area contributed by atoms with Crippen LogP contribution in [0.1, 0.15) is 11.6 Å². The van der Waals surface area contributed by atoms with Crippen molar-refractivity contribution >= 4 is 22.0 Å². The summed E-state index contributed by atoms with van der Waals surface area (Å²) in [4.78, 5) is 10.5. The summed E-state index contributed by atoms with van der Waals surface area (Å²) in [5.41, 5.74) is -0.550. The van der Waals surface area contributed by atoms with Crippen LogP contribution in [0.3, 0.4) is 0 Å². The molecule has 0 fully saturated rings. The van der Waals surface area contributed by atoms with Gasteiger partial charge in [0.15, 0.2) is 0 Å². The molecule has 1 rings (SSSR count). The van der Waals surface area contributed by atoms with Crippen LogP contribution in [0.25, 0.3) is 0 Å². The number of carboxylic acid groups (broad SMARTS) is 1. The van der Waals surface area contributed by atoms with Crippen LogP contribution in [0.5, 0.6) is 0 Å². The summed E-state index contributed by atoms with van der Waals surface area (Å²) in [6.45, 7) is -1.61. The second-order valence-corrected chi connectivity index (χ2v) is 4.38. The van der Waals surface area contributed by atoms with E-state index in [-0.39, 0.29) is 0 Å². The molecule has 0 aliphatic carbocycles. The van der Waals surface area contributed by atoms with E-state index >= 15 is 0 Å². The van der Waals surface area contributed by atoms with Crippen LogP contribution in [0.15, 0.2) is 22.7 Å². The molecule has 0 heterocycles. The predicted octanol–water partition coefficient (Wildman–Crippen LogP) is 2.52. The van der Waals surface area contributed by atoms with E-state index in [2.05, 4.69) is 15.9 Å². The van der Waals surface area contributed by atoms with Crippen molar-refractivity contribution in [2.24, 2.45) is 0 Å². The zero-order chi connectivity index (χ0) is 13.9. The highest BCUT2D eigenvalue weighted by atomic mass is 79.9. The minimum Gasteiger partial charge on any atom is -0.465 e. The predicted molar refractivity (Wildman–Crippen MR) is 60.0 cm³/mol. The minimum atomic E-state index is -3.82. The monoisotopic (exact) mass is 327 g/mol. The standard InChI is InChI=1S/C10H9BrF3NO3/c11-5-1-2-7(12)6(3-5)8(15-9(17)18)10(13,14)4-16/h1-3,8,15-16H,4H2,(H,17,18). The van der Waals surface area contributed by atoms with Crippen molar-refractivity contribution in [1.29, 1.82) is 0 Å². The third-order valence-electron chi connectivity index (χ3n) is 2.17. The second-order valence-electron chi connectivity index (χ2n) is 3.47. The van der Waals surface area contributed by atoms with Gasteiger partial charge in [0.2, 0.25) is 0 Å². The van der Waals surface area contributed by atoms with Crippen LogP contribution in [0.2, 0.25) is 0 Å². The number of nitrogens with one attached hydrogen (secondary N) is 1. The third kappa shape index (κ3) is 3.36. The average Bonchev–Trinajstić information content (AvgIpc) is 2.29. The highest BCUT2D eigenvalue weighted by Gasteiger charge is 2.42. The molecule has 1 aromatic carbocycles. The Kier molecular flexibility index (Phi) is 4.58. The number of aliphatic hydroxyl groups is 1. The van der Waals surface area contributed by atoms with E-state index < -0.39 is 36.0 Å². The van der Waals surface area contributed by atoms with Crippen molar-refractivity contribution < 1.29 is 28.2 Å². The molecule has 3 N–H and O–H groups in total. The van der Waals surface area contributed by atoms with Gasteiger partial charge >= 0.3 is 6.09 Å². The van der Waals surface area contributed by atoms with Crippen molar-refractivity contribution in [2.45, 2.75) is 12.0 Å². The highest BCUT2D eigenvalue weighted by Crippen LogP contribution is 2.33. The topological polar surface area (TPSA) is 69.6 Å². The first-order chi connectivity index (χ1) is 8.27. The summed E-state index contributed by atoms with van der Waals surface area (Å²) < 4.78 is 40.6. The van der Waals surface area contributed by atoms with E-state index in [0.29, 0.717) is 4.47 Å². The molecule has 0 spiro atoms. The molecule has 0 saturated carbocycles. The maximum Gasteiger partial charge on any atom is 0.405 e. The van der Waals surface area contributed by atoms with Crippen molar-refractivity contribution in [3.8, 4) is 0 Å². The van der Waals surface area contributed by atoms with Gasteiger partial charge in [-0.1, -0.05) is 15.9 Å². The van der Waals surface area contributed by atoms with Crippen molar-refractivity contribution in [3.05, 3.63) is 34.1 Å². The molecular formula is C10H9BrF3NO3. The number of rotatable bonds is 4. The fraction of sp³-hybridized carbons (Fsp3) is 0.300. The van der Waals surface area contributed by atoms with Crippen LogP contribution < -0.4 is 5.32 Å². The maximum atomic E-state index is 13.5. The summed E-state index contributed by atoms with van der Waals surface area (Å²) >= 11 is 2.97. The molecule has 1 amide bonds. The quantitative estimate of drug-likeness (QED) is 0.795. The van der Waals surface area contributed by atoms with E-state index in [1.165, 1.54) is 11.4 Å². The summed E-state index contributed by atoms with van der Waals surface area (Å²) in [6, 6.07) is 1.06. The van der Waals surface area contributed by atoms with Gasteiger partial charge in [0.25, 0.3) is 5.92 Å². The van der Waals surface area contributed by atoms with Gasteiger partial charge < -0.3 is 15.5 Å². The van der Waals surface area contributed by atoms with Gasteiger partial charge in [-0.2, -0.15) is 0 Å². The van der Waals surface area contributed by atoms with Gasteiger partial charge in [0.05, 0.1) is 0 Å². The van der Waals surface area contributed by atoms with Gasteiger partial charge in [-0.15, -0.1) is 0 Å². The third-order valence-corrected chi connectivity index (χ3v) is 2.66. The smallest absolute Gasteiger partial charge is 0.405 e. The van der Waals surface area contributed by atoms with E-state index in [1.54, 1.807) is 0 Å². The number of halogens is 4. The van der Waals surface area contributed by atoms with Gasteiger partial charge in [0.1, 0.15) is 18.5 Å². The molecule has 1 unspecified atom stereocenters. The Morgan fingerprint density at radius 1 is 1.50 bits per heavy atom. The van der Waals surface area contributed by atoms with Crippen molar-refractivity contribution in [2.75, 3.05) is 6.61 Å². The molecule has 1 aromatic rings. The fourth-order valence-electron chi connectivity index (χ4n) is 1.36. The summed E-state index contributed by atoms with van der Waals surface area (Å²) in [5, 5.41) is 18.6. The minimum absolute atomic E-state index is 0.310. The van der Waals surface area contributed by atoms with Crippen LogP contribution >= 0.6 is 15.9 Å². The molecule has 0 bridgehead atoms. The molecule has 8 heteroatoms. The maximum absolute atomic E-state index is 13.5. The van der Waals surface area contributed by atoms with E-state index in [4.69, 9.17) is 10.2 Å². The zero-order valence-corrected chi connectivity index (χ0v) is 10.4. The molecule has 4 nitrogen and oxygen atoms in total. The molecule has 0 aliphatic rings. The number of amides is 1. The number of alkyl halides is 2. The second kappa shape index (κ2) is 5.57. The molecule has 1 atom stereocenters. The van der Waals surface area contributed by atoms with Gasteiger partial charge in [-0.3, -0.25) is 0 Å². The molecule has 0 aromatic heterocycles. The van der Waals surface area contributed by atoms with Crippen LogP contribution in [0.4, 0.5) is 18.0 Å². The Balaban J connectivity index is 3.25. The Hall–Kier alpha value is -1.28. The molecule has 0 radical (unpaired) electrons. The Bertz CT molecular complexity index is 456. The highest BCUT2D eigenvalue weighted by molar-refractivity contribution is 9.10. The number of benzene rings is 1. The normalized spacial score (nSPS) is 13.2. The lowest BCUT2D eigenvalue weighted by Gasteiger charge is -2.25. The largest absolute Gasteiger partial charge is 0.465 e. The molecule has 100 valence electrons. The van der Waals surface area contributed by atoms with Crippen LogP contribution in [-0.4, -0.2) is 28.8 Å². The fourth-order valence-corrected chi connectivity index (χ4v) is 1.74. The number of hydrogen-bond donors (Lipinski definition) is 3. The van der Waals surface area contributed by atoms with Crippen LogP contribution in [0, 0.1) is 5.82 Å². The lowest BCUT2D eigenvalue weighted by molar-refractivity contribution is -0.0797. The van der Waals surface area contributed by atoms with Crippen LogP contribution in [-0.2, 0) is 0 Å². The van der Waals surface area contributed by atoms with E-state index in [9.17, 15) is 18.0 Å². The number of carbonyl (C=O) groups is 1. The molecule has 18 heavy (non-hydrogen) atoms. The van der Waals surface area contributed by atoms with E-state index in [1.807, 2.05) is 0 Å². The Morgan fingerprint density at radius 3 is 2.61 bits per heavy atom. The summed E-state index contributed by atoms with van der Waals surface area (Å²) in [6.07, 6.45) is -1.74. The van der Waals surface area contributed by atoms with Crippen molar-refractivity contribution in [3.63, 3.8) is 0 Å². The number of aliphatic hydroxyl groups excluding tert-OH is 1. The summed E-state index contributed by atoms with van der Waals surface area (Å²) in [7, 11) is 0. The average molecular weight is 328 g/mol. The summed E-state index contributed by atoms with van der Waals surface area (Å²) in [5.74, 6) is -4.81. The zero-order valence-electron chi connectivity index (χ0n) is 8.83. The molecule has 0 saturated heterocycles. The van der Waals surface area contributed by atoms with Gasteiger partial charge in [0, 0.05) is 10.0 Å². The number of hydrogen-bond acceptors (Lipinski definition) is 2. The first kappa shape index (κ1) is 14.8. The molecular weight excluding hydrogens is 319 g/mol. The molecule has 0 aliphatic heterocycles. The first-order valence-electron chi connectivity index (χ1n) is 4.71. The SMILES string of the molecule is O=C(O)NC(c1cc(Br)ccc1F)C(F)(F)CO. The Labute approximate surface area is 109 Å².